The lowest BCUT2D eigenvalue weighted by Crippen LogP contribution is -3.14. The van der Waals surface area contributed by atoms with Gasteiger partial charge in [-0.3, -0.25) is 4.79 Å². The van der Waals surface area contributed by atoms with Crippen LogP contribution in [0.5, 0.6) is 0 Å². The van der Waals surface area contributed by atoms with Gasteiger partial charge in [0.05, 0.1) is 29.2 Å². The molecule has 1 amide bonds. The number of piperidine rings is 1. The van der Waals surface area contributed by atoms with E-state index < -0.39 is 18.6 Å². The van der Waals surface area contributed by atoms with E-state index >= 15 is 0 Å². The molecule has 0 spiro atoms. The molecule has 1 aromatic heterocycles. The van der Waals surface area contributed by atoms with Crippen LogP contribution < -0.4 is 10.2 Å². The van der Waals surface area contributed by atoms with E-state index in [1.54, 1.807) is 11.3 Å². The molecule has 0 bridgehead atoms. The third-order valence-corrected chi connectivity index (χ3v) is 5.37. The Kier molecular flexibility index (Phi) is 5.05. The number of hydrogen-bond donors (Lipinski definition) is 2. The highest BCUT2D eigenvalue weighted by atomic mass is 32.1. The van der Waals surface area contributed by atoms with Crippen LogP contribution in [0.25, 0.3) is 10.2 Å². The minimum absolute atomic E-state index is 0.0808. The molecule has 0 aliphatic carbocycles. The third-order valence-electron chi connectivity index (χ3n) is 4.17. The van der Waals surface area contributed by atoms with Gasteiger partial charge in [0.25, 0.3) is 5.91 Å². The van der Waals surface area contributed by atoms with Crippen molar-refractivity contribution in [3.63, 3.8) is 0 Å². The molecule has 1 unspecified atom stereocenters. The largest absolute Gasteiger partial charge is 0.405 e. The summed E-state index contributed by atoms with van der Waals surface area (Å²) in [4.78, 5) is 17.4. The lowest BCUT2D eigenvalue weighted by atomic mass is 9.99. The minimum Gasteiger partial charge on any atom is -0.342 e. The Balaban J connectivity index is 1.59. The van der Waals surface area contributed by atoms with Crippen LogP contribution in [0.1, 0.15) is 23.8 Å². The smallest absolute Gasteiger partial charge is 0.342 e. The molecule has 1 saturated heterocycles. The van der Waals surface area contributed by atoms with E-state index in [1.165, 1.54) is 0 Å². The molecule has 2 N–H and O–H groups in total. The first kappa shape index (κ1) is 17.2. The van der Waals surface area contributed by atoms with Gasteiger partial charge in [-0.1, -0.05) is 12.1 Å². The molecule has 1 aliphatic heterocycles. The van der Waals surface area contributed by atoms with Gasteiger partial charge in [0, 0.05) is 0 Å². The quantitative estimate of drug-likeness (QED) is 0.875. The standard InChI is InChI=1S/C16H18F3N3OS/c17-16(18,19)10-20-14(23)9-22-7-3-4-11(8-22)15-21-12-5-1-2-6-13(12)24-15/h1-2,5-6,11H,3-4,7-10H2,(H,20,23)/p+1/t11-/m1/s1. The summed E-state index contributed by atoms with van der Waals surface area (Å²) in [5.41, 5.74) is 0.979. The second-order valence-corrected chi connectivity index (χ2v) is 7.19. The van der Waals surface area contributed by atoms with Gasteiger partial charge in [-0.05, 0) is 25.0 Å². The van der Waals surface area contributed by atoms with Crippen LogP contribution in [0.2, 0.25) is 0 Å². The number of amides is 1. The minimum atomic E-state index is -4.36. The number of nitrogens with one attached hydrogen (secondary N) is 2. The summed E-state index contributed by atoms with van der Waals surface area (Å²) in [6.45, 7) is 0.359. The SMILES string of the molecule is O=C(C[NH+]1CCC[C@@H](c2nc3ccccc3s2)C1)NCC(F)(F)F. The zero-order valence-corrected chi connectivity index (χ0v) is 13.8. The predicted octanol–water partition coefficient (Wildman–Crippen LogP) is 1.74. The van der Waals surface area contributed by atoms with E-state index in [1.807, 2.05) is 29.6 Å². The molecular formula is C16H19F3N3OS+. The van der Waals surface area contributed by atoms with Gasteiger partial charge in [-0.25, -0.2) is 4.98 Å². The van der Waals surface area contributed by atoms with Crippen LogP contribution in [0, 0.1) is 0 Å². The van der Waals surface area contributed by atoms with E-state index in [0.29, 0.717) is 0 Å². The molecule has 8 heteroatoms. The number of rotatable bonds is 4. The van der Waals surface area contributed by atoms with Crippen LogP contribution in [0.15, 0.2) is 24.3 Å². The maximum atomic E-state index is 12.2. The summed E-state index contributed by atoms with van der Waals surface area (Å²) in [6.07, 6.45) is -2.41. The van der Waals surface area contributed by atoms with E-state index in [9.17, 15) is 18.0 Å². The van der Waals surface area contributed by atoms with Crippen LogP contribution in [0.4, 0.5) is 13.2 Å². The molecule has 1 fully saturated rings. The Bertz CT molecular complexity index is 683. The lowest BCUT2D eigenvalue weighted by molar-refractivity contribution is -0.898. The first-order chi connectivity index (χ1) is 11.4. The maximum Gasteiger partial charge on any atom is 0.405 e. The molecule has 130 valence electrons. The number of fused-ring (bicyclic) bond motifs is 1. The summed E-state index contributed by atoms with van der Waals surface area (Å²) in [5, 5.41) is 3.01. The fourth-order valence-corrected chi connectivity index (χ4v) is 4.18. The monoisotopic (exact) mass is 358 g/mol. The number of quaternary nitrogens is 1. The Morgan fingerprint density at radius 1 is 1.38 bits per heavy atom. The van der Waals surface area contributed by atoms with Crippen LogP contribution in [-0.2, 0) is 4.79 Å². The first-order valence-electron chi connectivity index (χ1n) is 7.93. The Morgan fingerprint density at radius 3 is 2.92 bits per heavy atom. The number of carbonyl (C=O) groups excluding carboxylic acids is 1. The number of benzene rings is 1. The van der Waals surface area contributed by atoms with E-state index in [4.69, 9.17) is 0 Å². The predicted molar refractivity (Wildman–Crippen MR) is 86.2 cm³/mol. The van der Waals surface area contributed by atoms with Crippen LogP contribution in [0.3, 0.4) is 0 Å². The first-order valence-corrected chi connectivity index (χ1v) is 8.75. The van der Waals surface area contributed by atoms with Crippen LogP contribution in [-0.4, -0.2) is 43.2 Å². The number of carbonyl (C=O) groups is 1. The average molecular weight is 358 g/mol. The average Bonchev–Trinajstić information content (AvgIpc) is 2.97. The van der Waals surface area contributed by atoms with E-state index in [2.05, 4.69) is 4.98 Å². The highest BCUT2D eigenvalue weighted by Crippen LogP contribution is 2.30. The van der Waals surface area contributed by atoms with Gasteiger partial charge >= 0.3 is 6.18 Å². The number of thiazole rings is 1. The van der Waals surface area contributed by atoms with Crippen molar-refractivity contribution in [1.82, 2.24) is 10.3 Å². The summed E-state index contributed by atoms with van der Waals surface area (Å²) < 4.78 is 37.6. The van der Waals surface area contributed by atoms with Gasteiger partial charge in [0.2, 0.25) is 0 Å². The molecule has 0 radical (unpaired) electrons. The molecule has 0 saturated carbocycles. The number of halogens is 3. The molecule has 4 nitrogen and oxygen atoms in total. The Hall–Kier alpha value is -1.67. The summed E-state index contributed by atoms with van der Waals surface area (Å²) in [6, 6.07) is 7.95. The molecule has 2 atom stereocenters. The lowest BCUT2D eigenvalue weighted by Gasteiger charge is -2.28. The van der Waals surface area contributed by atoms with Crippen molar-refractivity contribution < 1.29 is 22.9 Å². The number of nitrogens with zero attached hydrogens (tertiary/aromatic N) is 1. The third kappa shape index (κ3) is 4.45. The molecule has 2 aromatic rings. The molecule has 24 heavy (non-hydrogen) atoms. The Labute approximate surface area is 141 Å². The van der Waals surface area contributed by atoms with Crippen molar-refractivity contribution >= 4 is 27.5 Å². The van der Waals surface area contributed by atoms with Crippen molar-refractivity contribution in [1.29, 1.82) is 0 Å². The maximum absolute atomic E-state index is 12.2. The highest BCUT2D eigenvalue weighted by molar-refractivity contribution is 7.18. The zero-order valence-electron chi connectivity index (χ0n) is 13.0. The van der Waals surface area contributed by atoms with Gasteiger partial charge in [0.15, 0.2) is 6.54 Å². The molecule has 2 heterocycles. The number of para-hydroxylation sites is 1. The molecule has 1 aliphatic rings. The normalized spacial score (nSPS) is 21.8. The topological polar surface area (TPSA) is 46.4 Å². The molecular weight excluding hydrogens is 339 g/mol. The Morgan fingerprint density at radius 2 is 2.17 bits per heavy atom. The fraction of sp³-hybridized carbons (Fsp3) is 0.500. The van der Waals surface area contributed by atoms with Crippen molar-refractivity contribution in [2.24, 2.45) is 0 Å². The van der Waals surface area contributed by atoms with Crippen molar-refractivity contribution in [2.45, 2.75) is 24.9 Å². The molecule has 1 aromatic carbocycles. The van der Waals surface area contributed by atoms with E-state index in [0.717, 1.165) is 46.1 Å². The van der Waals surface area contributed by atoms with E-state index in [-0.39, 0.29) is 12.5 Å². The number of likely N-dealkylation sites (tertiary alicyclic amines) is 1. The summed E-state index contributed by atoms with van der Waals surface area (Å²) in [5.74, 6) is -0.283. The van der Waals surface area contributed by atoms with Crippen molar-refractivity contribution in [3.05, 3.63) is 29.3 Å². The number of aromatic nitrogens is 1. The zero-order chi connectivity index (χ0) is 17.2. The van der Waals surface area contributed by atoms with Crippen molar-refractivity contribution in [2.75, 3.05) is 26.2 Å². The summed E-state index contributed by atoms with van der Waals surface area (Å²) >= 11 is 1.66. The van der Waals surface area contributed by atoms with Crippen LogP contribution >= 0.6 is 11.3 Å². The van der Waals surface area contributed by atoms with Gasteiger partial charge in [-0.2, -0.15) is 13.2 Å². The number of alkyl halides is 3. The van der Waals surface area contributed by atoms with Gasteiger partial charge in [-0.15, -0.1) is 11.3 Å². The fourth-order valence-electron chi connectivity index (χ4n) is 3.08. The molecule has 3 rings (SSSR count). The second-order valence-electron chi connectivity index (χ2n) is 6.13. The number of hydrogen-bond acceptors (Lipinski definition) is 3. The summed E-state index contributed by atoms with van der Waals surface area (Å²) in [7, 11) is 0. The van der Waals surface area contributed by atoms with Gasteiger partial charge in [0.1, 0.15) is 11.6 Å². The van der Waals surface area contributed by atoms with Crippen molar-refractivity contribution in [3.8, 4) is 0 Å². The van der Waals surface area contributed by atoms with Gasteiger partial charge < -0.3 is 10.2 Å². The highest BCUT2D eigenvalue weighted by Gasteiger charge is 2.31. The second kappa shape index (κ2) is 7.06.